The summed E-state index contributed by atoms with van der Waals surface area (Å²) in [6, 6.07) is -0.0680. The van der Waals surface area contributed by atoms with Gasteiger partial charge in [-0.25, -0.2) is 18.6 Å². The molecule has 0 radical (unpaired) electrons. The molecule has 1 heterocycles. The summed E-state index contributed by atoms with van der Waals surface area (Å²) in [7, 11) is 0. The zero-order valence-corrected chi connectivity index (χ0v) is 8.13. The third-order valence-electron chi connectivity index (χ3n) is 1.64. The van der Waals surface area contributed by atoms with Crippen LogP contribution < -0.4 is 4.74 Å². The Morgan fingerprint density at radius 1 is 1.39 bits per heavy atom. The van der Waals surface area contributed by atoms with E-state index < -0.39 is 41.7 Å². The first kappa shape index (κ1) is 14.1. The molecule has 0 fully saturated rings. The minimum atomic E-state index is -5.37. The highest BCUT2D eigenvalue weighted by Crippen LogP contribution is 2.35. The minimum Gasteiger partial charge on any atom is -0.476 e. The maximum atomic E-state index is 12.7. The number of aromatic carboxylic acids is 1. The van der Waals surface area contributed by atoms with E-state index in [0.29, 0.717) is 0 Å². The summed E-state index contributed by atoms with van der Waals surface area (Å²) in [6.07, 6.45) is -8.99. The molecule has 0 atom stereocenters. The molecule has 0 aromatic carbocycles. The summed E-state index contributed by atoms with van der Waals surface area (Å²) in [5.41, 5.74) is -3.18. The lowest BCUT2D eigenvalue weighted by atomic mass is 10.2. The first-order valence-corrected chi connectivity index (χ1v) is 4.09. The lowest BCUT2D eigenvalue weighted by molar-refractivity contribution is -0.275. The molecule has 0 aliphatic rings. The van der Waals surface area contributed by atoms with Crippen molar-refractivity contribution < 1.29 is 41.0 Å². The molecule has 4 nitrogen and oxygen atoms in total. The number of halogens is 6. The lowest BCUT2D eigenvalue weighted by Gasteiger charge is -2.14. The largest absolute Gasteiger partial charge is 0.573 e. The van der Waals surface area contributed by atoms with E-state index >= 15 is 0 Å². The molecule has 0 amide bonds. The summed E-state index contributed by atoms with van der Waals surface area (Å²) < 4.78 is 76.5. The number of hydrogen-bond acceptors (Lipinski definition) is 3. The van der Waals surface area contributed by atoms with Gasteiger partial charge in [0.25, 0.3) is 6.43 Å². The highest BCUT2D eigenvalue weighted by atomic mass is 19.4. The number of ether oxygens (including phenoxy) is 1. The molecule has 0 saturated heterocycles. The normalized spacial score (nSPS) is 11.7. The summed E-state index contributed by atoms with van der Waals surface area (Å²) in [4.78, 5) is 13.1. The molecule has 0 bridgehead atoms. The average molecular weight is 275 g/mol. The van der Waals surface area contributed by atoms with Gasteiger partial charge in [0.05, 0.1) is 5.56 Å². The molecule has 1 aromatic heterocycles. The van der Waals surface area contributed by atoms with E-state index in [1.54, 1.807) is 0 Å². The van der Waals surface area contributed by atoms with Crippen LogP contribution in [0.15, 0.2) is 6.07 Å². The Morgan fingerprint density at radius 2 is 1.94 bits per heavy atom. The number of nitrogens with zero attached hydrogens (tertiary/aromatic N) is 1. The van der Waals surface area contributed by atoms with Crippen molar-refractivity contribution in [2.75, 3.05) is 0 Å². The standard InChI is InChI=1S/C8H3F6NO3/c9-3-1-2(18-8(12,13)14)4(6(10)11)5(15-3)7(16)17/h1,6H,(H,16,17). The van der Waals surface area contributed by atoms with Gasteiger partial charge in [-0.1, -0.05) is 0 Å². The highest BCUT2D eigenvalue weighted by Gasteiger charge is 2.36. The van der Waals surface area contributed by atoms with Crippen LogP contribution in [0.3, 0.4) is 0 Å². The first-order valence-electron chi connectivity index (χ1n) is 4.09. The summed E-state index contributed by atoms with van der Waals surface area (Å²) in [5, 5.41) is 8.46. The second-order valence-corrected chi connectivity index (χ2v) is 2.86. The van der Waals surface area contributed by atoms with Gasteiger partial charge in [0.2, 0.25) is 5.95 Å². The van der Waals surface area contributed by atoms with Gasteiger partial charge in [0, 0.05) is 6.07 Å². The monoisotopic (exact) mass is 275 g/mol. The maximum absolute atomic E-state index is 12.7. The number of pyridine rings is 1. The SMILES string of the molecule is O=C(O)c1nc(F)cc(OC(F)(F)F)c1C(F)F. The Morgan fingerprint density at radius 3 is 2.33 bits per heavy atom. The zero-order valence-electron chi connectivity index (χ0n) is 8.13. The number of rotatable bonds is 3. The molecule has 0 aliphatic carbocycles. The zero-order chi connectivity index (χ0) is 14.1. The molecule has 0 unspecified atom stereocenters. The Kier molecular flexibility index (Phi) is 3.67. The smallest absolute Gasteiger partial charge is 0.476 e. The Bertz CT molecular complexity index is 473. The summed E-state index contributed by atoms with van der Waals surface area (Å²) in [6.45, 7) is 0. The van der Waals surface area contributed by atoms with Crippen molar-refractivity contribution in [1.82, 2.24) is 4.98 Å². The van der Waals surface area contributed by atoms with Gasteiger partial charge in [-0.2, -0.15) is 4.39 Å². The molecular formula is C8H3F6NO3. The van der Waals surface area contributed by atoms with Gasteiger partial charge in [0.1, 0.15) is 5.75 Å². The Labute approximate surface area is 94.8 Å². The quantitative estimate of drug-likeness (QED) is 0.680. The molecule has 1 aromatic rings. The molecule has 0 aliphatic heterocycles. The van der Waals surface area contributed by atoms with Crippen molar-refractivity contribution in [3.05, 3.63) is 23.3 Å². The number of alkyl halides is 5. The second-order valence-electron chi connectivity index (χ2n) is 2.86. The fraction of sp³-hybridized carbons (Fsp3) is 0.250. The van der Waals surface area contributed by atoms with Gasteiger partial charge >= 0.3 is 12.3 Å². The highest BCUT2D eigenvalue weighted by molar-refractivity contribution is 5.88. The van der Waals surface area contributed by atoms with Crippen LogP contribution in [-0.4, -0.2) is 22.4 Å². The molecule has 0 spiro atoms. The van der Waals surface area contributed by atoms with Gasteiger partial charge in [-0.3, -0.25) is 0 Å². The van der Waals surface area contributed by atoms with Gasteiger partial charge in [0.15, 0.2) is 5.69 Å². The number of carboxylic acid groups (broad SMARTS) is 1. The van der Waals surface area contributed by atoms with E-state index in [-0.39, 0.29) is 6.07 Å². The molecule has 1 N–H and O–H groups in total. The summed E-state index contributed by atoms with van der Waals surface area (Å²) in [5.74, 6) is -5.42. The van der Waals surface area contributed by atoms with E-state index in [1.165, 1.54) is 0 Å². The fourth-order valence-corrected chi connectivity index (χ4v) is 1.08. The van der Waals surface area contributed by atoms with E-state index in [9.17, 15) is 31.1 Å². The van der Waals surface area contributed by atoms with Gasteiger partial charge in [-0.05, 0) is 0 Å². The molecule has 10 heteroatoms. The van der Waals surface area contributed by atoms with Crippen molar-refractivity contribution in [2.45, 2.75) is 12.8 Å². The van der Waals surface area contributed by atoms with E-state index in [1.807, 2.05) is 0 Å². The second kappa shape index (κ2) is 4.70. The van der Waals surface area contributed by atoms with Crippen LogP contribution in [0, 0.1) is 5.95 Å². The van der Waals surface area contributed by atoms with Gasteiger partial charge in [-0.15, -0.1) is 13.2 Å². The average Bonchev–Trinajstić information content (AvgIpc) is 2.12. The fourth-order valence-electron chi connectivity index (χ4n) is 1.08. The molecular weight excluding hydrogens is 272 g/mol. The molecule has 100 valence electrons. The third-order valence-corrected chi connectivity index (χ3v) is 1.64. The van der Waals surface area contributed by atoms with E-state index in [2.05, 4.69) is 9.72 Å². The van der Waals surface area contributed by atoms with Gasteiger partial charge < -0.3 is 9.84 Å². The first-order chi connectivity index (χ1) is 8.11. The van der Waals surface area contributed by atoms with Crippen LogP contribution in [0.2, 0.25) is 0 Å². The minimum absolute atomic E-state index is 0.0680. The predicted octanol–water partition coefficient (Wildman–Crippen LogP) is 2.76. The predicted molar refractivity (Wildman–Crippen MR) is 42.8 cm³/mol. The van der Waals surface area contributed by atoms with Crippen LogP contribution in [0.25, 0.3) is 0 Å². The van der Waals surface area contributed by atoms with Crippen LogP contribution in [-0.2, 0) is 0 Å². The van der Waals surface area contributed by atoms with Crippen molar-refractivity contribution in [3.63, 3.8) is 0 Å². The Hall–Kier alpha value is -2.00. The summed E-state index contributed by atoms with van der Waals surface area (Å²) >= 11 is 0. The van der Waals surface area contributed by atoms with E-state index in [0.717, 1.165) is 0 Å². The van der Waals surface area contributed by atoms with E-state index in [4.69, 9.17) is 5.11 Å². The van der Waals surface area contributed by atoms with Crippen LogP contribution in [0.4, 0.5) is 26.3 Å². The van der Waals surface area contributed by atoms with Crippen molar-refractivity contribution >= 4 is 5.97 Å². The molecule has 1 rings (SSSR count). The molecule has 18 heavy (non-hydrogen) atoms. The van der Waals surface area contributed by atoms with Crippen molar-refractivity contribution in [3.8, 4) is 5.75 Å². The Balaban J connectivity index is 3.44. The van der Waals surface area contributed by atoms with Crippen LogP contribution in [0.5, 0.6) is 5.75 Å². The topological polar surface area (TPSA) is 59.4 Å². The number of carbonyl (C=O) groups is 1. The number of aromatic nitrogens is 1. The number of carboxylic acids is 1. The van der Waals surface area contributed by atoms with Crippen LogP contribution >= 0.6 is 0 Å². The van der Waals surface area contributed by atoms with Crippen LogP contribution in [0.1, 0.15) is 22.5 Å². The molecule has 0 saturated carbocycles. The van der Waals surface area contributed by atoms with Crippen molar-refractivity contribution in [1.29, 1.82) is 0 Å². The number of hydrogen-bond donors (Lipinski definition) is 1. The third kappa shape index (κ3) is 3.25. The lowest BCUT2D eigenvalue weighted by Crippen LogP contribution is -2.20. The van der Waals surface area contributed by atoms with Crippen molar-refractivity contribution in [2.24, 2.45) is 0 Å². The maximum Gasteiger partial charge on any atom is 0.573 e.